The first-order chi connectivity index (χ1) is 4.96. The van der Waals surface area contributed by atoms with E-state index >= 15 is 0 Å². The summed E-state index contributed by atoms with van der Waals surface area (Å²) < 4.78 is 13.6. The third kappa shape index (κ3) is 2.03. The molecule has 0 saturated heterocycles. The summed E-state index contributed by atoms with van der Waals surface area (Å²) in [4.78, 5) is 0. The van der Waals surface area contributed by atoms with Crippen LogP contribution in [0.4, 0.5) is 4.11 Å². The SMILES string of the molecule is CC(C#N)[Si](C)(F)C(C)C#N. The summed E-state index contributed by atoms with van der Waals surface area (Å²) in [5, 5.41) is 16.9. The Morgan fingerprint density at radius 2 is 1.45 bits per heavy atom. The largest absolute Gasteiger partial charge is 0.311 e. The molecule has 2 unspecified atom stereocenters. The zero-order valence-electron chi connectivity index (χ0n) is 6.93. The predicted octanol–water partition coefficient (Wildman–Crippen LogP) is 2.36. The number of rotatable bonds is 2. The molecule has 11 heavy (non-hydrogen) atoms. The molecule has 4 heteroatoms. The van der Waals surface area contributed by atoms with Crippen molar-refractivity contribution >= 4 is 8.41 Å². The summed E-state index contributed by atoms with van der Waals surface area (Å²) in [5.74, 6) is 0. The van der Waals surface area contributed by atoms with E-state index in [1.54, 1.807) is 13.8 Å². The fourth-order valence-electron chi connectivity index (χ4n) is 0.627. The van der Waals surface area contributed by atoms with Gasteiger partial charge >= 0.3 is 0 Å². The third-order valence-corrected chi connectivity index (χ3v) is 5.73. The predicted molar refractivity (Wildman–Crippen MR) is 42.8 cm³/mol. The molecule has 0 aliphatic heterocycles. The molecule has 60 valence electrons. The molecule has 0 amide bonds. The van der Waals surface area contributed by atoms with Gasteiger partial charge in [-0.25, -0.2) is 0 Å². The Morgan fingerprint density at radius 1 is 1.18 bits per heavy atom. The van der Waals surface area contributed by atoms with Crippen molar-refractivity contribution in [3.05, 3.63) is 0 Å². The summed E-state index contributed by atoms with van der Waals surface area (Å²) in [6.07, 6.45) is 0. The maximum Gasteiger partial charge on any atom is 0.277 e. The van der Waals surface area contributed by atoms with Crippen molar-refractivity contribution in [2.75, 3.05) is 0 Å². The maximum atomic E-state index is 13.6. The first-order valence-electron chi connectivity index (χ1n) is 3.45. The molecule has 2 nitrogen and oxygen atoms in total. The average Bonchev–Trinajstić information content (AvgIpc) is 2.01. The number of hydrogen-bond donors (Lipinski definition) is 0. The lowest BCUT2D eigenvalue weighted by Crippen LogP contribution is -2.33. The molecule has 0 saturated carbocycles. The van der Waals surface area contributed by atoms with E-state index in [2.05, 4.69) is 0 Å². The van der Waals surface area contributed by atoms with Crippen LogP contribution < -0.4 is 0 Å². The van der Waals surface area contributed by atoms with Gasteiger partial charge in [0.15, 0.2) is 0 Å². The van der Waals surface area contributed by atoms with E-state index in [1.165, 1.54) is 6.55 Å². The van der Waals surface area contributed by atoms with Crippen molar-refractivity contribution < 1.29 is 4.11 Å². The van der Waals surface area contributed by atoms with E-state index in [4.69, 9.17) is 10.5 Å². The standard InChI is InChI=1S/C7H11FN2Si/c1-6(4-9)11(3,8)7(2)5-10/h6-7H,1-3H3. The highest BCUT2D eigenvalue weighted by Crippen LogP contribution is 2.32. The average molecular weight is 170 g/mol. The molecule has 0 aliphatic carbocycles. The molecule has 0 aromatic rings. The van der Waals surface area contributed by atoms with Gasteiger partial charge in [-0.2, -0.15) is 10.5 Å². The molecule has 0 fully saturated rings. The summed E-state index contributed by atoms with van der Waals surface area (Å²) in [6.45, 7) is 4.51. The van der Waals surface area contributed by atoms with Crippen molar-refractivity contribution in [1.82, 2.24) is 0 Å². The lowest BCUT2D eigenvalue weighted by atomic mass is 10.5. The van der Waals surface area contributed by atoms with Gasteiger partial charge in [-0.1, -0.05) is 0 Å². The van der Waals surface area contributed by atoms with E-state index in [0.717, 1.165) is 0 Å². The highest BCUT2D eigenvalue weighted by Gasteiger charge is 2.41. The van der Waals surface area contributed by atoms with Crippen LogP contribution in [0.5, 0.6) is 0 Å². The molecular weight excluding hydrogens is 159 g/mol. The summed E-state index contributed by atoms with van der Waals surface area (Å²) >= 11 is 0. The maximum absolute atomic E-state index is 13.6. The van der Waals surface area contributed by atoms with Crippen LogP contribution in [0.15, 0.2) is 0 Å². The third-order valence-electron chi connectivity index (χ3n) is 2.08. The molecule has 0 aromatic carbocycles. The zero-order valence-corrected chi connectivity index (χ0v) is 7.93. The minimum atomic E-state index is -3.13. The van der Waals surface area contributed by atoms with E-state index in [-0.39, 0.29) is 0 Å². The van der Waals surface area contributed by atoms with E-state index in [1.807, 2.05) is 12.1 Å². The first kappa shape index (κ1) is 10.1. The monoisotopic (exact) mass is 170 g/mol. The molecule has 0 heterocycles. The Labute approximate surface area is 67.4 Å². The summed E-state index contributed by atoms with van der Waals surface area (Å²) in [5.41, 5.74) is -1.20. The highest BCUT2D eigenvalue weighted by molar-refractivity contribution is 6.76. The molecule has 0 spiro atoms. The minimum Gasteiger partial charge on any atom is -0.311 e. The highest BCUT2D eigenvalue weighted by atomic mass is 28.4. The second-order valence-corrected chi connectivity index (χ2v) is 6.89. The fourth-order valence-corrected chi connectivity index (χ4v) is 1.88. The van der Waals surface area contributed by atoms with Crippen LogP contribution in [0.3, 0.4) is 0 Å². The quantitative estimate of drug-likeness (QED) is 0.472. The van der Waals surface area contributed by atoms with Gasteiger partial charge < -0.3 is 4.11 Å². The molecule has 0 rings (SSSR count). The lowest BCUT2D eigenvalue weighted by Gasteiger charge is -2.21. The zero-order chi connectivity index (χ0) is 9.07. The Balaban J connectivity index is 4.50. The first-order valence-corrected chi connectivity index (χ1v) is 5.98. The molecule has 0 aromatic heterocycles. The molecule has 0 bridgehead atoms. The molecule has 0 radical (unpaired) electrons. The van der Waals surface area contributed by atoms with Gasteiger partial charge in [-0.05, 0) is 20.4 Å². The van der Waals surface area contributed by atoms with Crippen LogP contribution >= 0.6 is 0 Å². The fraction of sp³-hybridized carbons (Fsp3) is 0.714. The summed E-state index contributed by atoms with van der Waals surface area (Å²) in [6, 6.07) is 3.71. The Hall–Kier alpha value is -0.873. The number of hydrogen-bond acceptors (Lipinski definition) is 2. The Kier molecular flexibility index (Phi) is 3.22. The van der Waals surface area contributed by atoms with Gasteiger partial charge in [0.25, 0.3) is 8.41 Å². The van der Waals surface area contributed by atoms with Crippen molar-refractivity contribution in [2.24, 2.45) is 0 Å². The van der Waals surface area contributed by atoms with Crippen LogP contribution in [0.2, 0.25) is 17.6 Å². The van der Waals surface area contributed by atoms with Crippen LogP contribution in [0.25, 0.3) is 0 Å². The van der Waals surface area contributed by atoms with Crippen LogP contribution in [0, 0.1) is 22.7 Å². The summed E-state index contributed by atoms with van der Waals surface area (Å²) in [7, 11) is -3.13. The van der Waals surface area contributed by atoms with Crippen LogP contribution in [-0.4, -0.2) is 8.41 Å². The van der Waals surface area contributed by atoms with Gasteiger partial charge in [0.05, 0.1) is 23.2 Å². The Bertz CT molecular complexity index is 191. The van der Waals surface area contributed by atoms with Crippen molar-refractivity contribution in [3.8, 4) is 12.1 Å². The smallest absolute Gasteiger partial charge is 0.277 e. The molecule has 2 atom stereocenters. The molecule has 0 N–H and O–H groups in total. The van der Waals surface area contributed by atoms with E-state index in [0.29, 0.717) is 0 Å². The lowest BCUT2D eigenvalue weighted by molar-refractivity contribution is 0.727. The normalized spacial score (nSPS) is 20.5. The second-order valence-electron chi connectivity index (χ2n) is 2.85. The van der Waals surface area contributed by atoms with Gasteiger partial charge in [0, 0.05) is 0 Å². The van der Waals surface area contributed by atoms with Gasteiger partial charge in [0.2, 0.25) is 0 Å². The number of nitriles is 2. The minimum absolute atomic E-state index is 0.600. The number of halogens is 1. The molecular formula is C7H11FN2Si. The van der Waals surface area contributed by atoms with E-state index < -0.39 is 19.5 Å². The van der Waals surface area contributed by atoms with Crippen LogP contribution in [-0.2, 0) is 0 Å². The van der Waals surface area contributed by atoms with Gasteiger partial charge in [-0.3, -0.25) is 0 Å². The van der Waals surface area contributed by atoms with E-state index in [9.17, 15) is 4.11 Å². The second kappa shape index (κ2) is 3.50. The van der Waals surface area contributed by atoms with Gasteiger partial charge in [-0.15, -0.1) is 0 Å². The van der Waals surface area contributed by atoms with Gasteiger partial charge in [0.1, 0.15) is 0 Å². The van der Waals surface area contributed by atoms with Crippen molar-refractivity contribution in [2.45, 2.75) is 31.5 Å². The topological polar surface area (TPSA) is 47.6 Å². The van der Waals surface area contributed by atoms with Crippen LogP contribution in [0.1, 0.15) is 13.8 Å². The van der Waals surface area contributed by atoms with Crippen molar-refractivity contribution in [3.63, 3.8) is 0 Å². The molecule has 0 aliphatic rings. The van der Waals surface area contributed by atoms with Crippen molar-refractivity contribution in [1.29, 1.82) is 10.5 Å². The Morgan fingerprint density at radius 3 is 1.64 bits per heavy atom. The number of nitrogens with zero attached hydrogens (tertiary/aromatic N) is 2.